The van der Waals surface area contributed by atoms with Gasteiger partial charge in [0.2, 0.25) is 0 Å². The Morgan fingerprint density at radius 3 is 0.892 bits per heavy atom. The number of rotatable bonds is 52. The van der Waals surface area contributed by atoms with E-state index in [1.165, 1.54) is 199 Å². The maximum atomic E-state index is 12.8. The van der Waals surface area contributed by atoms with E-state index in [1.807, 2.05) is 0 Å². The van der Waals surface area contributed by atoms with Gasteiger partial charge < -0.3 is 14.2 Å². The molecule has 0 bridgehead atoms. The summed E-state index contributed by atoms with van der Waals surface area (Å²) in [6, 6.07) is 0. The number of unbranched alkanes of at least 4 members (excludes halogenated alkanes) is 35. The standard InChI is InChI=1S/C59H108O6/c1-4-7-10-13-16-19-22-24-26-28-29-31-33-35-38-41-44-47-50-53-59(62)65-56(54-63-57(60)51-48-45-42-39-36-21-18-15-12-9-6-3)55-64-58(61)52-49-46-43-40-37-34-32-30-27-25-23-20-17-14-11-8-5-2/h16,19,24-27,56H,4-15,17-18,20-23,28-55H2,1-3H3/b19-16-,26-24-,27-25-/t56-/m0/s1. The molecule has 0 amide bonds. The Bertz CT molecular complexity index is 1090. The van der Waals surface area contributed by atoms with Crippen LogP contribution in [0.3, 0.4) is 0 Å². The molecule has 0 aliphatic heterocycles. The van der Waals surface area contributed by atoms with Gasteiger partial charge in [0.25, 0.3) is 0 Å². The smallest absolute Gasteiger partial charge is 0.306 e. The van der Waals surface area contributed by atoms with E-state index >= 15 is 0 Å². The molecule has 0 aliphatic rings. The van der Waals surface area contributed by atoms with E-state index in [1.54, 1.807) is 0 Å². The molecule has 1 atom stereocenters. The van der Waals surface area contributed by atoms with Crippen LogP contribution in [0.2, 0.25) is 0 Å². The van der Waals surface area contributed by atoms with Crippen molar-refractivity contribution in [3.05, 3.63) is 36.5 Å². The average Bonchev–Trinajstić information content (AvgIpc) is 3.30. The average molecular weight is 914 g/mol. The van der Waals surface area contributed by atoms with Crippen LogP contribution in [-0.4, -0.2) is 37.2 Å². The maximum absolute atomic E-state index is 12.8. The van der Waals surface area contributed by atoms with E-state index in [9.17, 15) is 14.4 Å². The lowest BCUT2D eigenvalue weighted by Gasteiger charge is -2.18. The first-order chi connectivity index (χ1) is 32.0. The maximum Gasteiger partial charge on any atom is 0.306 e. The summed E-state index contributed by atoms with van der Waals surface area (Å²) in [6.07, 6.45) is 64.1. The van der Waals surface area contributed by atoms with Gasteiger partial charge in [0.05, 0.1) is 0 Å². The number of ether oxygens (including phenoxy) is 3. The predicted molar refractivity (Wildman–Crippen MR) is 279 cm³/mol. The summed E-state index contributed by atoms with van der Waals surface area (Å²) in [7, 11) is 0. The lowest BCUT2D eigenvalue weighted by Crippen LogP contribution is -2.30. The summed E-state index contributed by atoms with van der Waals surface area (Å²) in [5.74, 6) is -0.866. The van der Waals surface area contributed by atoms with Crippen molar-refractivity contribution in [2.24, 2.45) is 0 Å². The second-order valence-electron chi connectivity index (χ2n) is 19.2. The Morgan fingerprint density at radius 1 is 0.308 bits per heavy atom. The van der Waals surface area contributed by atoms with Crippen molar-refractivity contribution in [2.45, 2.75) is 309 Å². The highest BCUT2D eigenvalue weighted by molar-refractivity contribution is 5.71. The third-order valence-electron chi connectivity index (χ3n) is 12.6. The van der Waals surface area contributed by atoms with E-state index < -0.39 is 6.10 Å². The molecule has 380 valence electrons. The molecule has 65 heavy (non-hydrogen) atoms. The van der Waals surface area contributed by atoms with Crippen molar-refractivity contribution in [3.8, 4) is 0 Å². The van der Waals surface area contributed by atoms with Gasteiger partial charge in [-0.25, -0.2) is 0 Å². The Labute approximate surface area is 404 Å². The minimum Gasteiger partial charge on any atom is -0.462 e. The Balaban J connectivity index is 4.32. The molecule has 0 fully saturated rings. The summed E-state index contributed by atoms with van der Waals surface area (Å²) < 4.78 is 16.9. The number of carbonyl (C=O) groups is 3. The molecule has 6 heteroatoms. The van der Waals surface area contributed by atoms with Gasteiger partial charge in [0, 0.05) is 19.3 Å². The van der Waals surface area contributed by atoms with Gasteiger partial charge in [-0.2, -0.15) is 0 Å². The van der Waals surface area contributed by atoms with Crippen LogP contribution in [0.15, 0.2) is 36.5 Å². The number of allylic oxidation sites excluding steroid dienone is 6. The molecule has 0 rings (SSSR count). The summed E-state index contributed by atoms with van der Waals surface area (Å²) in [5, 5.41) is 0. The molecular formula is C59H108O6. The third kappa shape index (κ3) is 52.5. The fourth-order valence-corrected chi connectivity index (χ4v) is 8.29. The second kappa shape index (κ2) is 54.2. The van der Waals surface area contributed by atoms with Crippen molar-refractivity contribution in [2.75, 3.05) is 13.2 Å². The highest BCUT2D eigenvalue weighted by Gasteiger charge is 2.19. The molecule has 6 nitrogen and oxygen atoms in total. The minimum atomic E-state index is -0.772. The summed E-state index contributed by atoms with van der Waals surface area (Å²) in [6.45, 7) is 6.63. The van der Waals surface area contributed by atoms with Crippen molar-refractivity contribution in [1.82, 2.24) is 0 Å². The van der Waals surface area contributed by atoms with E-state index in [0.29, 0.717) is 19.3 Å². The van der Waals surface area contributed by atoms with Gasteiger partial charge in [-0.05, 0) is 77.0 Å². The quantitative estimate of drug-likeness (QED) is 0.0262. The van der Waals surface area contributed by atoms with Crippen LogP contribution in [0.4, 0.5) is 0 Å². The molecule has 0 aromatic heterocycles. The zero-order valence-corrected chi connectivity index (χ0v) is 43.5. The molecule has 0 N–H and O–H groups in total. The van der Waals surface area contributed by atoms with Crippen LogP contribution in [0, 0.1) is 0 Å². The Hall–Kier alpha value is -2.37. The fourth-order valence-electron chi connectivity index (χ4n) is 8.29. The first-order valence-corrected chi connectivity index (χ1v) is 28.5. The van der Waals surface area contributed by atoms with E-state index in [0.717, 1.165) is 64.2 Å². The van der Waals surface area contributed by atoms with E-state index in [-0.39, 0.29) is 31.1 Å². The third-order valence-corrected chi connectivity index (χ3v) is 12.6. The largest absolute Gasteiger partial charge is 0.462 e. The number of carbonyl (C=O) groups excluding carboxylic acids is 3. The number of esters is 3. The van der Waals surface area contributed by atoms with Crippen molar-refractivity contribution in [3.63, 3.8) is 0 Å². The van der Waals surface area contributed by atoms with E-state index in [2.05, 4.69) is 57.2 Å². The molecule has 0 saturated heterocycles. The Morgan fingerprint density at radius 2 is 0.554 bits per heavy atom. The molecule has 0 aromatic rings. The predicted octanol–water partition coefficient (Wildman–Crippen LogP) is 18.9. The lowest BCUT2D eigenvalue weighted by atomic mass is 10.1. The number of hydrogen-bond donors (Lipinski definition) is 0. The van der Waals surface area contributed by atoms with Gasteiger partial charge >= 0.3 is 17.9 Å². The highest BCUT2D eigenvalue weighted by Crippen LogP contribution is 2.16. The first kappa shape index (κ1) is 62.6. The second-order valence-corrected chi connectivity index (χ2v) is 19.2. The minimum absolute atomic E-state index is 0.0718. The topological polar surface area (TPSA) is 78.9 Å². The van der Waals surface area contributed by atoms with Crippen molar-refractivity contribution >= 4 is 17.9 Å². The fraction of sp³-hybridized carbons (Fsp3) is 0.847. The van der Waals surface area contributed by atoms with Crippen LogP contribution < -0.4 is 0 Å². The van der Waals surface area contributed by atoms with Gasteiger partial charge in [0.15, 0.2) is 6.10 Å². The van der Waals surface area contributed by atoms with Gasteiger partial charge in [-0.15, -0.1) is 0 Å². The van der Waals surface area contributed by atoms with Crippen LogP contribution in [0.5, 0.6) is 0 Å². The molecule has 0 spiro atoms. The molecule has 0 heterocycles. The van der Waals surface area contributed by atoms with Gasteiger partial charge in [0.1, 0.15) is 13.2 Å². The lowest BCUT2D eigenvalue weighted by molar-refractivity contribution is -0.167. The number of hydrogen-bond acceptors (Lipinski definition) is 6. The van der Waals surface area contributed by atoms with Crippen LogP contribution >= 0.6 is 0 Å². The first-order valence-electron chi connectivity index (χ1n) is 28.5. The monoisotopic (exact) mass is 913 g/mol. The van der Waals surface area contributed by atoms with Crippen LogP contribution in [-0.2, 0) is 28.6 Å². The van der Waals surface area contributed by atoms with Gasteiger partial charge in [-0.1, -0.05) is 243 Å². The molecule has 0 saturated carbocycles. The van der Waals surface area contributed by atoms with Crippen molar-refractivity contribution < 1.29 is 28.6 Å². The normalized spacial score (nSPS) is 12.2. The SMILES string of the molecule is CCCCC/C=C\C/C=C\CCCCCCCCCCCC(=O)O[C@H](COC(=O)CCCCCCCCC/C=C\CCCCCCCC)COC(=O)CCCCCCCCCCCCC. The molecule has 0 radical (unpaired) electrons. The molecule has 0 aliphatic carbocycles. The Kier molecular flexibility index (Phi) is 52.3. The zero-order chi connectivity index (χ0) is 47.2. The summed E-state index contributed by atoms with van der Waals surface area (Å²) >= 11 is 0. The molecular weight excluding hydrogens is 805 g/mol. The van der Waals surface area contributed by atoms with E-state index in [4.69, 9.17) is 14.2 Å². The molecule has 0 aromatic carbocycles. The molecule has 0 unspecified atom stereocenters. The zero-order valence-electron chi connectivity index (χ0n) is 43.5. The van der Waals surface area contributed by atoms with Crippen LogP contribution in [0.25, 0.3) is 0 Å². The summed E-state index contributed by atoms with van der Waals surface area (Å²) in [4.78, 5) is 38.1. The van der Waals surface area contributed by atoms with Crippen LogP contribution in [0.1, 0.15) is 303 Å². The van der Waals surface area contributed by atoms with Crippen molar-refractivity contribution in [1.29, 1.82) is 0 Å². The van der Waals surface area contributed by atoms with Gasteiger partial charge in [-0.3, -0.25) is 14.4 Å². The summed E-state index contributed by atoms with van der Waals surface area (Å²) in [5.41, 5.74) is 0. The highest BCUT2D eigenvalue weighted by atomic mass is 16.6.